The van der Waals surface area contributed by atoms with E-state index in [9.17, 15) is 20.1 Å². The Morgan fingerprint density at radius 3 is 2.60 bits per heavy atom. The molecular weight excluding hydrogens is 320 g/mol. The number of carboxylic acid groups (broad SMARTS) is 1. The lowest BCUT2D eigenvalue weighted by Gasteiger charge is -2.63. The second-order valence-corrected chi connectivity index (χ2v) is 9.31. The normalized spacial score (nSPS) is 45.2. The Hall–Kier alpha value is -1.33. The third-order valence-electron chi connectivity index (χ3n) is 7.66. The number of fused-ring (bicyclic) bond motifs is 4. The topological polar surface area (TPSA) is 90.9 Å². The number of carbonyl (C=O) groups is 1. The van der Waals surface area contributed by atoms with Crippen molar-refractivity contribution in [3.63, 3.8) is 0 Å². The minimum Gasteiger partial charge on any atom is -0.481 e. The van der Waals surface area contributed by atoms with E-state index in [1.54, 1.807) is 12.3 Å². The lowest BCUT2D eigenvalue weighted by atomic mass is 9.42. The summed E-state index contributed by atoms with van der Waals surface area (Å²) < 4.78 is 5.62. The van der Waals surface area contributed by atoms with Crippen molar-refractivity contribution in [2.24, 2.45) is 28.6 Å². The van der Waals surface area contributed by atoms with Crippen LogP contribution in [-0.4, -0.2) is 33.5 Å². The maximum Gasteiger partial charge on any atom is 0.311 e. The zero-order valence-corrected chi connectivity index (χ0v) is 15.1. The van der Waals surface area contributed by atoms with Crippen LogP contribution < -0.4 is 0 Å². The number of carboxylic acids is 1. The van der Waals surface area contributed by atoms with Crippen LogP contribution in [0.2, 0.25) is 0 Å². The quantitative estimate of drug-likeness (QED) is 0.726. The van der Waals surface area contributed by atoms with Gasteiger partial charge in [-0.1, -0.05) is 27.2 Å². The summed E-state index contributed by atoms with van der Waals surface area (Å²) in [5, 5.41) is 31.9. The van der Waals surface area contributed by atoms with Crippen LogP contribution in [0.4, 0.5) is 0 Å². The van der Waals surface area contributed by atoms with Gasteiger partial charge in [0.2, 0.25) is 0 Å². The Bertz CT molecular complexity index is 692. The molecule has 3 aliphatic carbocycles. The molecule has 138 valence electrons. The van der Waals surface area contributed by atoms with Gasteiger partial charge in [0.05, 0.1) is 24.4 Å². The Morgan fingerprint density at radius 1 is 1.20 bits per heavy atom. The summed E-state index contributed by atoms with van der Waals surface area (Å²) in [6, 6.07) is 1.71. The summed E-state index contributed by atoms with van der Waals surface area (Å²) in [6.45, 7) is 6.53. The van der Waals surface area contributed by atoms with E-state index in [2.05, 4.69) is 20.8 Å². The van der Waals surface area contributed by atoms with Crippen LogP contribution in [0.3, 0.4) is 0 Å². The molecule has 0 radical (unpaired) electrons. The fraction of sp³-hybridized carbons (Fsp3) is 0.750. The zero-order chi connectivity index (χ0) is 18.1. The first-order valence-electron chi connectivity index (χ1n) is 9.33. The molecule has 0 spiro atoms. The van der Waals surface area contributed by atoms with Crippen LogP contribution in [0.5, 0.6) is 0 Å². The van der Waals surface area contributed by atoms with E-state index in [4.69, 9.17) is 4.42 Å². The number of hydrogen-bond acceptors (Lipinski definition) is 4. The van der Waals surface area contributed by atoms with Crippen LogP contribution in [-0.2, 0) is 11.2 Å². The molecule has 0 unspecified atom stereocenters. The van der Waals surface area contributed by atoms with Crippen molar-refractivity contribution in [3.05, 3.63) is 23.7 Å². The van der Waals surface area contributed by atoms with Gasteiger partial charge in [-0.15, -0.1) is 0 Å². The summed E-state index contributed by atoms with van der Waals surface area (Å²) in [5.41, 5.74) is 0.376. The van der Waals surface area contributed by atoms with Crippen molar-refractivity contribution < 1.29 is 24.5 Å². The van der Waals surface area contributed by atoms with Crippen LogP contribution in [0.15, 0.2) is 16.7 Å². The molecule has 5 heteroatoms. The minimum absolute atomic E-state index is 0.00442. The Morgan fingerprint density at radius 2 is 1.92 bits per heavy atom. The molecular formula is C20H28O5. The number of furan rings is 1. The van der Waals surface area contributed by atoms with Gasteiger partial charge in [-0.2, -0.15) is 0 Å². The van der Waals surface area contributed by atoms with Gasteiger partial charge in [0.1, 0.15) is 5.76 Å². The predicted molar refractivity (Wildman–Crippen MR) is 91.0 cm³/mol. The minimum atomic E-state index is -1.02. The highest BCUT2D eigenvalue weighted by atomic mass is 16.4. The van der Waals surface area contributed by atoms with Crippen molar-refractivity contribution in [2.45, 2.75) is 64.6 Å². The van der Waals surface area contributed by atoms with Crippen molar-refractivity contribution >= 4 is 5.97 Å². The molecule has 1 aromatic heterocycles. The van der Waals surface area contributed by atoms with Crippen molar-refractivity contribution in [3.8, 4) is 0 Å². The standard InChI is InChI=1S/C20H28O5/c1-19(2)6-4-7-20(3)11-9-12-10(5-8-25-12)13(18(23)24)14(11)15(21)16(22)17(19)20/h5,8,11,13-17,21-22H,4,6-7,9H2,1-3H3,(H,23,24)/t11-,13+,14-,15-,16+,17+,20-/m1/s1. The summed E-state index contributed by atoms with van der Waals surface area (Å²) in [7, 11) is 0. The highest BCUT2D eigenvalue weighted by Crippen LogP contribution is 2.64. The zero-order valence-electron chi connectivity index (χ0n) is 15.1. The molecule has 3 aliphatic rings. The molecule has 2 fully saturated rings. The molecule has 7 atom stereocenters. The third-order valence-corrected chi connectivity index (χ3v) is 7.66. The molecule has 1 heterocycles. The first-order chi connectivity index (χ1) is 11.7. The largest absolute Gasteiger partial charge is 0.481 e. The lowest BCUT2D eigenvalue weighted by Crippen LogP contribution is -2.65. The molecule has 3 N–H and O–H groups in total. The van der Waals surface area contributed by atoms with Crippen LogP contribution in [0, 0.1) is 28.6 Å². The average molecular weight is 348 g/mol. The second kappa shape index (κ2) is 5.34. The van der Waals surface area contributed by atoms with Gasteiger partial charge in [0, 0.05) is 17.9 Å². The number of aliphatic hydroxyl groups is 2. The van der Waals surface area contributed by atoms with E-state index >= 15 is 0 Å². The summed E-state index contributed by atoms with van der Waals surface area (Å²) >= 11 is 0. The lowest BCUT2D eigenvalue weighted by molar-refractivity contribution is -0.218. The van der Waals surface area contributed by atoms with Crippen LogP contribution >= 0.6 is 0 Å². The molecule has 0 saturated heterocycles. The fourth-order valence-corrected chi connectivity index (χ4v) is 6.80. The van der Waals surface area contributed by atoms with Crippen molar-refractivity contribution in [1.82, 2.24) is 0 Å². The number of rotatable bonds is 1. The average Bonchev–Trinajstić information content (AvgIpc) is 2.97. The Kier molecular flexibility index (Phi) is 3.65. The molecule has 2 saturated carbocycles. The fourth-order valence-electron chi connectivity index (χ4n) is 6.80. The third kappa shape index (κ3) is 2.18. The number of hydrogen-bond donors (Lipinski definition) is 3. The molecule has 5 nitrogen and oxygen atoms in total. The monoisotopic (exact) mass is 348 g/mol. The first kappa shape index (κ1) is 17.1. The SMILES string of the molecule is CC1(C)CCC[C@]2(C)[C@@H]3Cc4occc4[C@H](C(=O)O)[C@@H]3[C@@H](O)[C@H](O)[C@@H]12. The summed E-state index contributed by atoms with van der Waals surface area (Å²) in [6.07, 6.45) is 3.31. The van der Waals surface area contributed by atoms with E-state index in [1.165, 1.54) is 0 Å². The first-order valence-corrected chi connectivity index (χ1v) is 9.33. The predicted octanol–water partition coefficient (Wildman–Crippen LogP) is 2.80. The molecule has 0 amide bonds. The highest BCUT2D eigenvalue weighted by Gasteiger charge is 2.64. The number of aliphatic carboxylic acids is 1. The van der Waals surface area contributed by atoms with E-state index in [1.807, 2.05) is 0 Å². The molecule has 25 heavy (non-hydrogen) atoms. The van der Waals surface area contributed by atoms with Gasteiger partial charge < -0.3 is 19.7 Å². The van der Waals surface area contributed by atoms with Gasteiger partial charge in [0.25, 0.3) is 0 Å². The van der Waals surface area contributed by atoms with E-state index < -0.39 is 30.0 Å². The van der Waals surface area contributed by atoms with Gasteiger partial charge >= 0.3 is 5.97 Å². The molecule has 0 aromatic carbocycles. The highest BCUT2D eigenvalue weighted by molar-refractivity contribution is 5.77. The maximum absolute atomic E-state index is 12.1. The Labute approximate surface area is 148 Å². The maximum atomic E-state index is 12.1. The van der Waals surface area contributed by atoms with E-state index in [0.29, 0.717) is 12.0 Å². The van der Waals surface area contributed by atoms with Crippen molar-refractivity contribution in [2.75, 3.05) is 0 Å². The van der Waals surface area contributed by atoms with Crippen LogP contribution in [0.1, 0.15) is 57.3 Å². The number of aliphatic hydroxyl groups excluding tert-OH is 2. The van der Waals surface area contributed by atoms with Crippen LogP contribution in [0.25, 0.3) is 0 Å². The molecule has 0 bridgehead atoms. The van der Waals surface area contributed by atoms with E-state index in [-0.39, 0.29) is 22.7 Å². The van der Waals surface area contributed by atoms with Gasteiger partial charge in [-0.25, -0.2) is 0 Å². The smallest absolute Gasteiger partial charge is 0.311 e. The summed E-state index contributed by atoms with van der Waals surface area (Å²) in [4.78, 5) is 12.1. The van der Waals surface area contributed by atoms with Gasteiger partial charge in [-0.3, -0.25) is 4.79 Å². The molecule has 1 aromatic rings. The Balaban J connectivity index is 1.87. The van der Waals surface area contributed by atoms with E-state index in [0.717, 1.165) is 25.0 Å². The summed E-state index contributed by atoms with van der Waals surface area (Å²) in [5.74, 6) is -1.56. The molecule has 4 rings (SSSR count). The second-order valence-electron chi connectivity index (χ2n) is 9.31. The van der Waals surface area contributed by atoms with Crippen molar-refractivity contribution in [1.29, 1.82) is 0 Å². The molecule has 0 aliphatic heterocycles. The van der Waals surface area contributed by atoms with Gasteiger partial charge in [-0.05, 0) is 41.6 Å². The van der Waals surface area contributed by atoms with Gasteiger partial charge in [0.15, 0.2) is 0 Å².